The van der Waals surface area contributed by atoms with E-state index >= 15 is 0 Å². The molecule has 2 nitrogen and oxygen atoms in total. The molecule has 0 aromatic heterocycles. The maximum absolute atomic E-state index is 13.2. The number of nitrogens with zero attached hydrogens (tertiary/aromatic N) is 1. The van der Waals surface area contributed by atoms with E-state index in [1.807, 2.05) is 11.0 Å². The number of hydrogen-bond donors (Lipinski definition) is 0. The molecule has 2 aliphatic rings. The van der Waals surface area contributed by atoms with Gasteiger partial charge in [0.2, 0.25) is 5.91 Å². The molecule has 0 N–H and O–H groups in total. The predicted molar refractivity (Wildman–Crippen MR) is 67.3 cm³/mol. The smallest absolute Gasteiger partial charge is 0.226 e. The van der Waals surface area contributed by atoms with Gasteiger partial charge in [0.05, 0.1) is 0 Å². The number of benzene rings is 1. The molecule has 1 aromatic carbocycles. The van der Waals surface area contributed by atoms with Gasteiger partial charge >= 0.3 is 0 Å². The first-order chi connectivity index (χ1) is 8.74. The van der Waals surface area contributed by atoms with Crippen molar-refractivity contribution in [2.24, 2.45) is 5.92 Å². The molecule has 3 heteroatoms. The van der Waals surface area contributed by atoms with Crippen LogP contribution in [0.2, 0.25) is 0 Å². The number of halogens is 1. The van der Waals surface area contributed by atoms with Crippen LogP contribution >= 0.6 is 0 Å². The maximum Gasteiger partial charge on any atom is 0.226 e. The second kappa shape index (κ2) is 4.71. The average molecular weight is 247 g/mol. The summed E-state index contributed by atoms with van der Waals surface area (Å²) in [4.78, 5) is 14.3. The molecule has 0 atom stereocenters. The van der Waals surface area contributed by atoms with E-state index in [1.54, 1.807) is 6.07 Å². The third kappa shape index (κ3) is 2.40. The number of rotatable bonds is 4. The van der Waals surface area contributed by atoms with Crippen molar-refractivity contribution in [1.29, 1.82) is 0 Å². The zero-order valence-electron chi connectivity index (χ0n) is 10.4. The van der Waals surface area contributed by atoms with E-state index in [-0.39, 0.29) is 17.6 Å². The summed E-state index contributed by atoms with van der Waals surface area (Å²) in [7, 11) is 0. The van der Waals surface area contributed by atoms with Crippen molar-refractivity contribution in [1.82, 2.24) is 4.90 Å². The van der Waals surface area contributed by atoms with E-state index < -0.39 is 0 Å². The molecular formula is C15H18FNO. The van der Waals surface area contributed by atoms with Gasteiger partial charge in [-0.2, -0.15) is 0 Å². The van der Waals surface area contributed by atoms with Gasteiger partial charge in [0.1, 0.15) is 5.82 Å². The Labute approximate surface area is 107 Å². The van der Waals surface area contributed by atoms with Gasteiger partial charge in [-0.3, -0.25) is 4.79 Å². The minimum Gasteiger partial charge on any atom is -0.335 e. The Morgan fingerprint density at radius 2 is 2.06 bits per heavy atom. The van der Waals surface area contributed by atoms with Crippen LogP contribution in [0.4, 0.5) is 4.39 Å². The Kier molecular flexibility index (Phi) is 3.06. The Balaban J connectivity index is 1.71. The first-order valence-electron chi connectivity index (χ1n) is 6.79. The van der Waals surface area contributed by atoms with Gasteiger partial charge < -0.3 is 4.90 Å². The van der Waals surface area contributed by atoms with E-state index in [1.165, 1.54) is 18.6 Å². The highest BCUT2D eigenvalue weighted by atomic mass is 19.1. The monoisotopic (exact) mass is 247 g/mol. The lowest BCUT2D eigenvalue weighted by Crippen LogP contribution is -2.39. The van der Waals surface area contributed by atoms with Crippen molar-refractivity contribution in [3.05, 3.63) is 35.6 Å². The molecule has 18 heavy (non-hydrogen) atoms. The van der Waals surface area contributed by atoms with Crippen LogP contribution in [0.5, 0.6) is 0 Å². The molecule has 96 valence electrons. The number of carbonyl (C=O) groups excluding carboxylic acids is 1. The molecule has 2 saturated carbocycles. The molecule has 1 amide bonds. The third-order valence-electron chi connectivity index (χ3n) is 3.97. The van der Waals surface area contributed by atoms with E-state index in [4.69, 9.17) is 0 Å². The Hall–Kier alpha value is -1.38. The average Bonchev–Trinajstić information content (AvgIpc) is 3.07. The van der Waals surface area contributed by atoms with Gasteiger partial charge in [0, 0.05) is 18.5 Å². The van der Waals surface area contributed by atoms with Crippen LogP contribution in [-0.2, 0) is 11.3 Å². The fourth-order valence-electron chi connectivity index (χ4n) is 2.49. The van der Waals surface area contributed by atoms with Crippen molar-refractivity contribution in [2.75, 3.05) is 0 Å². The Bertz CT molecular complexity index is 452. The molecule has 0 spiro atoms. The first kappa shape index (κ1) is 11.7. The van der Waals surface area contributed by atoms with Crippen molar-refractivity contribution in [2.45, 2.75) is 44.7 Å². The Morgan fingerprint density at radius 1 is 1.28 bits per heavy atom. The molecule has 0 saturated heterocycles. The number of hydrogen-bond acceptors (Lipinski definition) is 1. The molecule has 2 fully saturated rings. The third-order valence-corrected chi connectivity index (χ3v) is 3.97. The fraction of sp³-hybridized carbons (Fsp3) is 0.533. The fourth-order valence-corrected chi connectivity index (χ4v) is 2.49. The molecule has 1 aromatic rings. The topological polar surface area (TPSA) is 20.3 Å². The number of amides is 1. The summed E-state index contributed by atoms with van der Waals surface area (Å²) in [5.74, 6) is 0.298. The largest absolute Gasteiger partial charge is 0.335 e. The van der Waals surface area contributed by atoms with Crippen LogP contribution in [0, 0.1) is 11.7 Å². The predicted octanol–water partition coefficient (Wildman–Crippen LogP) is 3.12. The zero-order chi connectivity index (χ0) is 12.5. The molecule has 0 aliphatic heterocycles. The van der Waals surface area contributed by atoms with Gasteiger partial charge in [0.25, 0.3) is 0 Å². The minimum absolute atomic E-state index is 0.223. The summed E-state index contributed by atoms with van der Waals surface area (Å²) in [5.41, 5.74) is 0.898. The van der Waals surface area contributed by atoms with Gasteiger partial charge in [-0.05, 0) is 43.4 Å². The molecule has 0 unspecified atom stereocenters. The summed E-state index contributed by atoms with van der Waals surface area (Å²) < 4.78 is 13.2. The zero-order valence-corrected chi connectivity index (χ0v) is 10.4. The van der Waals surface area contributed by atoms with Crippen LogP contribution in [0.1, 0.15) is 37.7 Å². The van der Waals surface area contributed by atoms with Crippen LogP contribution < -0.4 is 0 Å². The number of carbonyl (C=O) groups is 1. The molecule has 2 aliphatic carbocycles. The first-order valence-corrected chi connectivity index (χ1v) is 6.79. The summed E-state index contributed by atoms with van der Waals surface area (Å²) in [5, 5.41) is 0. The lowest BCUT2D eigenvalue weighted by atomic mass is 9.84. The van der Waals surface area contributed by atoms with Crippen molar-refractivity contribution < 1.29 is 9.18 Å². The Morgan fingerprint density at radius 3 is 2.61 bits per heavy atom. The molecule has 0 radical (unpaired) electrons. The second-order valence-corrected chi connectivity index (χ2v) is 5.46. The summed E-state index contributed by atoms with van der Waals surface area (Å²) in [6.07, 6.45) is 5.45. The van der Waals surface area contributed by atoms with Crippen molar-refractivity contribution in [3.8, 4) is 0 Å². The van der Waals surface area contributed by atoms with Crippen molar-refractivity contribution >= 4 is 5.91 Å². The van der Waals surface area contributed by atoms with Gasteiger partial charge in [0.15, 0.2) is 0 Å². The minimum atomic E-state index is -0.223. The van der Waals surface area contributed by atoms with E-state index in [9.17, 15) is 9.18 Å². The van der Waals surface area contributed by atoms with E-state index in [0.717, 1.165) is 31.2 Å². The van der Waals surface area contributed by atoms with Crippen molar-refractivity contribution in [3.63, 3.8) is 0 Å². The van der Waals surface area contributed by atoms with Crippen LogP contribution in [0.15, 0.2) is 24.3 Å². The van der Waals surface area contributed by atoms with Crippen LogP contribution in [-0.4, -0.2) is 16.8 Å². The van der Waals surface area contributed by atoms with E-state index in [2.05, 4.69) is 0 Å². The van der Waals surface area contributed by atoms with Gasteiger partial charge in [-0.25, -0.2) is 4.39 Å². The molecule has 0 bridgehead atoms. The molecular weight excluding hydrogens is 229 g/mol. The highest BCUT2D eigenvalue weighted by molar-refractivity contribution is 5.80. The summed E-state index contributed by atoms with van der Waals surface area (Å²) in [6, 6.07) is 6.99. The quantitative estimate of drug-likeness (QED) is 0.800. The maximum atomic E-state index is 13.2. The lowest BCUT2D eigenvalue weighted by Gasteiger charge is -2.32. The van der Waals surface area contributed by atoms with E-state index in [0.29, 0.717) is 12.6 Å². The van der Waals surface area contributed by atoms with Gasteiger partial charge in [-0.15, -0.1) is 0 Å². The molecule has 0 heterocycles. The van der Waals surface area contributed by atoms with Gasteiger partial charge in [-0.1, -0.05) is 18.6 Å². The lowest BCUT2D eigenvalue weighted by molar-refractivity contribution is -0.139. The highest BCUT2D eigenvalue weighted by Crippen LogP contribution is 2.34. The van der Waals surface area contributed by atoms with Crippen LogP contribution in [0.25, 0.3) is 0 Å². The second-order valence-electron chi connectivity index (χ2n) is 5.46. The summed E-state index contributed by atoms with van der Waals surface area (Å²) >= 11 is 0. The molecule has 3 rings (SSSR count). The normalized spacial score (nSPS) is 19.4. The van der Waals surface area contributed by atoms with Crippen LogP contribution in [0.3, 0.4) is 0 Å². The highest BCUT2D eigenvalue weighted by Gasteiger charge is 2.37. The standard InChI is InChI=1S/C15H18FNO/c16-13-6-1-3-11(9-13)10-17(14-7-8-14)15(18)12-4-2-5-12/h1,3,6,9,12,14H,2,4-5,7-8,10H2. The SMILES string of the molecule is O=C(C1CCC1)N(Cc1cccc(F)c1)C1CC1. The summed E-state index contributed by atoms with van der Waals surface area (Å²) in [6.45, 7) is 0.567.